The van der Waals surface area contributed by atoms with Crippen LogP contribution in [0.5, 0.6) is 0 Å². The Hall–Kier alpha value is -1.40. The van der Waals surface area contributed by atoms with Crippen LogP contribution in [-0.2, 0) is 17.9 Å². The third kappa shape index (κ3) is 4.42. The smallest absolute Gasteiger partial charge is 0.239 e. The van der Waals surface area contributed by atoms with Crippen molar-refractivity contribution >= 4 is 5.91 Å². The molecular formula is C19H33N5O. The van der Waals surface area contributed by atoms with Crippen molar-refractivity contribution in [2.24, 2.45) is 0 Å². The van der Waals surface area contributed by atoms with Gasteiger partial charge < -0.3 is 9.47 Å². The van der Waals surface area contributed by atoms with Crippen molar-refractivity contribution in [3.05, 3.63) is 18.2 Å². The number of likely N-dealkylation sites (tertiary alicyclic amines) is 1. The third-order valence-corrected chi connectivity index (χ3v) is 5.71. The molecule has 0 aliphatic carbocycles. The highest BCUT2D eigenvalue weighted by molar-refractivity contribution is 5.82. The maximum atomic E-state index is 13.0. The fraction of sp³-hybridized carbons (Fsp3) is 0.789. The van der Waals surface area contributed by atoms with Crippen molar-refractivity contribution in [3.8, 4) is 0 Å². The first kappa shape index (κ1) is 18.4. The van der Waals surface area contributed by atoms with Crippen molar-refractivity contribution in [1.29, 1.82) is 0 Å². The Morgan fingerprint density at radius 2 is 1.96 bits per heavy atom. The van der Waals surface area contributed by atoms with Crippen molar-refractivity contribution in [3.63, 3.8) is 0 Å². The first-order valence-electron chi connectivity index (χ1n) is 9.98. The topological polar surface area (TPSA) is 44.6 Å². The molecule has 0 bridgehead atoms. The van der Waals surface area contributed by atoms with E-state index < -0.39 is 0 Å². The van der Waals surface area contributed by atoms with E-state index in [1.165, 1.54) is 12.8 Å². The summed E-state index contributed by atoms with van der Waals surface area (Å²) >= 11 is 0. The molecule has 0 spiro atoms. The molecule has 140 valence electrons. The minimum atomic E-state index is 0.115. The standard InChI is InChI=1S/C19H33N5O/c1-3-22-11-6-5-8-17(22)19(25)24-12-7-10-21(14-15-24)16-18-20-9-13-23(18)4-2/h9,13,17H,3-8,10-12,14-16H2,1-2H3/t17-/m1/s1. The Morgan fingerprint density at radius 3 is 2.76 bits per heavy atom. The lowest BCUT2D eigenvalue weighted by Crippen LogP contribution is -2.51. The molecule has 6 nitrogen and oxygen atoms in total. The van der Waals surface area contributed by atoms with Crippen LogP contribution >= 0.6 is 0 Å². The lowest BCUT2D eigenvalue weighted by atomic mass is 10.0. The number of carbonyl (C=O) groups excluding carboxylic acids is 1. The first-order chi connectivity index (χ1) is 12.2. The molecule has 25 heavy (non-hydrogen) atoms. The van der Waals surface area contributed by atoms with Crippen LogP contribution in [0.4, 0.5) is 0 Å². The molecule has 1 amide bonds. The number of piperidine rings is 1. The molecule has 2 aliphatic rings. The van der Waals surface area contributed by atoms with Gasteiger partial charge >= 0.3 is 0 Å². The zero-order valence-corrected chi connectivity index (χ0v) is 15.9. The number of likely N-dealkylation sites (N-methyl/N-ethyl adjacent to an activating group) is 1. The maximum Gasteiger partial charge on any atom is 0.239 e. The summed E-state index contributed by atoms with van der Waals surface area (Å²) in [6.07, 6.45) is 8.43. The van der Waals surface area contributed by atoms with Gasteiger partial charge in [0.05, 0.1) is 12.6 Å². The largest absolute Gasteiger partial charge is 0.340 e. The summed E-state index contributed by atoms with van der Waals surface area (Å²) in [4.78, 5) is 24.5. The molecule has 1 aromatic rings. The lowest BCUT2D eigenvalue weighted by Gasteiger charge is -2.36. The molecule has 0 unspecified atom stereocenters. The highest BCUT2D eigenvalue weighted by Crippen LogP contribution is 2.19. The number of aromatic nitrogens is 2. The SMILES string of the molecule is CCN1CCCC[C@@H]1C(=O)N1CCCN(Cc2nccn2CC)CC1. The summed E-state index contributed by atoms with van der Waals surface area (Å²) in [6, 6.07) is 0.115. The van der Waals surface area contributed by atoms with Gasteiger partial charge in [0.2, 0.25) is 5.91 Å². The number of hydrogen-bond acceptors (Lipinski definition) is 4. The van der Waals surface area contributed by atoms with Crippen LogP contribution < -0.4 is 0 Å². The van der Waals surface area contributed by atoms with E-state index in [0.717, 1.165) is 71.0 Å². The van der Waals surface area contributed by atoms with E-state index in [9.17, 15) is 4.79 Å². The average Bonchev–Trinajstić information content (AvgIpc) is 2.97. The van der Waals surface area contributed by atoms with E-state index in [-0.39, 0.29) is 6.04 Å². The quantitative estimate of drug-likeness (QED) is 0.815. The van der Waals surface area contributed by atoms with Crippen LogP contribution in [0, 0.1) is 0 Å². The summed E-state index contributed by atoms with van der Waals surface area (Å²) in [5.74, 6) is 1.49. The minimum Gasteiger partial charge on any atom is -0.340 e. The fourth-order valence-electron chi connectivity index (χ4n) is 4.19. The number of rotatable bonds is 5. The van der Waals surface area contributed by atoms with Gasteiger partial charge in [-0.1, -0.05) is 13.3 Å². The number of hydrogen-bond donors (Lipinski definition) is 0. The molecule has 0 saturated carbocycles. The van der Waals surface area contributed by atoms with E-state index in [0.29, 0.717) is 5.91 Å². The van der Waals surface area contributed by atoms with Crippen LogP contribution in [0.25, 0.3) is 0 Å². The second-order valence-electron chi connectivity index (χ2n) is 7.22. The van der Waals surface area contributed by atoms with Crippen molar-refractivity contribution < 1.29 is 4.79 Å². The van der Waals surface area contributed by atoms with Crippen LogP contribution in [0.2, 0.25) is 0 Å². The lowest BCUT2D eigenvalue weighted by molar-refractivity contribution is -0.138. The van der Waals surface area contributed by atoms with E-state index in [1.807, 2.05) is 12.4 Å². The summed E-state index contributed by atoms with van der Waals surface area (Å²) < 4.78 is 2.20. The van der Waals surface area contributed by atoms with Gasteiger partial charge in [0.1, 0.15) is 5.82 Å². The number of aryl methyl sites for hydroxylation is 1. The van der Waals surface area contributed by atoms with Crippen molar-refractivity contribution in [2.45, 2.75) is 58.7 Å². The van der Waals surface area contributed by atoms with Crippen molar-refractivity contribution in [1.82, 2.24) is 24.3 Å². The van der Waals surface area contributed by atoms with E-state index in [2.05, 4.69) is 38.1 Å². The Morgan fingerprint density at radius 1 is 1.08 bits per heavy atom. The van der Waals surface area contributed by atoms with E-state index in [1.54, 1.807) is 0 Å². The highest BCUT2D eigenvalue weighted by atomic mass is 16.2. The fourth-order valence-corrected chi connectivity index (χ4v) is 4.19. The van der Waals surface area contributed by atoms with Gasteiger partial charge in [-0.05, 0) is 39.3 Å². The second-order valence-corrected chi connectivity index (χ2v) is 7.22. The highest BCUT2D eigenvalue weighted by Gasteiger charge is 2.31. The molecule has 0 N–H and O–H groups in total. The molecule has 2 saturated heterocycles. The van der Waals surface area contributed by atoms with Gasteiger partial charge in [-0.15, -0.1) is 0 Å². The summed E-state index contributed by atoms with van der Waals surface area (Å²) in [5, 5.41) is 0. The summed E-state index contributed by atoms with van der Waals surface area (Å²) in [6.45, 7) is 12.0. The molecule has 3 rings (SSSR count). The number of amides is 1. The van der Waals surface area contributed by atoms with Gasteiger partial charge in [-0.2, -0.15) is 0 Å². The third-order valence-electron chi connectivity index (χ3n) is 5.71. The van der Waals surface area contributed by atoms with Gasteiger partial charge in [-0.25, -0.2) is 4.98 Å². The zero-order valence-electron chi connectivity index (χ0n) is 15.9. The van der Waals surface area contributed by atoms with Gasteiger partial charge in [-0.3, -0.25) is 14.6 Å². The van der Waals surface area contributed by atoms with Crippen LogP contribution in [0.1, 0.15) is 45.4 Å². The number of carbonyl (C=O) groups is 1. The van der Waals surface area contributed by atoms with Crippen molar-refractivity contribution in [2.75, 3.05) is 39.3 Å². The summed E-state index contributed by atoms with van der Waals surface area (Å²) in [5.41, 5.74) is 0. The summed E-state index contributed by atoms with van der Waals surface area (Å²) in [7, 11) is 0. The van der Waals surface area contributed by atoms with Gasteiger partial charge in [0.25, 0.3) is 0 Å². The minimum absolute atomic E-state index is 0.115. The molecular weight excluding hydrogens is 314 g/mol. The predicted molar refractivity (Wildman–Crippen MR) is 99.3 cm³/mol. The molecule has 3 heterocycles. The monoisotopic (exact) mass is 347 g/mol. The Kier molecular flexibility index (Phi) is 6.48. The Balaban J connectivity index is 1.56. The molecule has 2 fully saturated rings. The van der Waals surface area contributed by atoms with E-state index >= 15 is 0 Å². The Labute approximate surface area is 151 Å². The number of imidazole rings is 1. The maximum absolute atomic E-state index is 13.0. The van der Waals surface area contributed by atoms with Crippen LogP contribution in [-0.4, -0.2) is 75.5 Å². The first-order valence-corrected chi connectivity index (χ1v) is 9.98. The zero-order chi connectivity index (χ0) is 17.6. The predicted octanol–water partition coefficient (Wildman–Crippen LogP) is 1.81. The molecule has 6 heteroatoms. The normalized spacial score (nSPS) is 23.6. The molecule has 0 radical (unpaired) electrons. The van der Waals surface area contributed by atoms with Crippen LogP contribution in [0.15, 0.2) is 12.4 Å². The average molecular weight is 348 g/mol. The molecule has 2 aliphatic heterocycles. The van der Waals surface area contributed by atoms with Crippen LogP contribution in [0.3, 0.4) is 0 Å². The molecule has 0 aromatic carbocycles. The molecule has 1 aromatic heterocycles. The molecule has 1 atom stereocenters. The number of nitrogens with zero attached hydrogens (tertiary/aromatic N) is 5. The van der Waals surface area contributed by atoms with E-state index in [4.69, 9.17) is 0 Å². The second kappa shape index (κ2) is 8.81. The van der Waals surface area contributed by atoms with Gasteiger partial charge in [0.15, 0.2) is 0 Å². The van der Waals surface area contributed by atoms with Gasteiger partial charge in [0, 0.05) is 45.1 Å². The Bertz CT molecular complexity index is 558.